The summed E-state index contributed by atoms with van der Waals surface area (Å²) in [6, 6.07) is 0. The summed E-state index contributed by atoms with van der Waals surface area (Å²) in [5.41, 5.74) is 6.21. The molecule has 0 aliphatic rings. The van der Waals surface area contributed by atoms with Crippen molar-refractivity contribution in [3.63, 3.8) is 0 Å². The van der Waals surface area contributed by atoms with Crippen molar-refractivity contribution in [2.75, 3.05) is 25.0 Å². The van der Waals surface area contributed by atoms with Gasteiger partial charge < -0.3 is 10.6 Å². The third kappa shape index (κ3) is 3.81. The fourth-order valence-electron chi connectivity index (χ4n) is 1.65. The Hall–Kier alpha value is -0.880. The van der Waals surface area contributed by atoms with Crippen LogP contribution < -0.4 is 16.2 Å². The van der Waals surface area contributed by atoms with Crippen molar-refractivity contribution in [3.05, 3.63) is 21.0 Å². The third-order valence-corrected chi connectivity index (χ3v) is 3.36. The second-order valence-electron chi connectivity index (χ2n) is 4.79. The van der Waals surface area contributed by atoms with Gasteiger partial charge in [0.15, 0.2) is 0 Å². The van der Waals surface area contributed by atoms with Crippen LogP contribution in [0.15, 0.2) is 15.5 Å². The maximum atomic E-state index is 12.1. The molecule has 18 heavy (non-hydrogen) atoms. The number of nitrogens with two attached hydrogens (primary N) is 1. The maximum absolute atomic E-state index is 12.1. The summed E-state index contributed by atoms with van der Waals surface area (Å²) < 4.78 is 2.06. The Balaban J connectivity index is 2.97. The first-order valence-corrected chi connectivity index (χ1v) is 6.93. The van der Waals surface area contributed by atoms with Crippen LogP contribution in [0.3, 0.4) is 0 Å². The summed E-state index contributed by atoms with van der Waals surface area (Å²) in [6.45, 7) is 6.20. The van der Waals surface area contributed by atoms with Crippen LogP contribution in [-0.2, 0) is 6.54 Å². The molecule has 6 heteroatoms. The molecule has 0 unspecified atom stereocenters. The lowest BCUT2D eigenvalue weighted by Crippen LogP contribution is -2.29. The molecule has 1 aromatic heterocycles. The molecule has 1 heterocycles. The number of halogens is 1. The molecule has 0 fully saturated rings. The Kier molecular flexibility index (Phi) is 5.81. The fourth-order valence-corrected chi connectivity index (χ4v) is 2.26. The molecule has 0 bridgehead atoms. The number of anilines is 1. The molecule has 1 aromatic rings. The first-order valence-electron chi connectivity index (χ1n) is 6.14. The van der Waals surface area contributed by atoms with Crippen LogP contribution in [-0.4, -0.2) is 29.9 Å². The highest BCUT2D eigenvalue weighted by Crippen LogP contribution is 2.20. The maximum Gasteiger partial charge on any atom is 0.283 e. The summed E-state index contributed by atoms with van der Waals surface area (Å²) in [5, 5.41) is 4.21. The van der Waals surface area contributed by atoms with E-state index in [0.29, 0.717) is 23.5 Å². The third-order valence-electron chi connectivity index (χ3n) is 2.61. The monoisotopic (exact) mass is 316 g/mol. The molecule has 0 saturated carbocycles. The standard InChI is InChI=1S/C12H21BrN4O/c1-9(2)8-17-12(18)11(13)10(7-15-17)16(3)6-4-5-14/h7,9H,4-6,8,14H2,1-3H3. The topological polar surface area (TPSA) is 64.2 Å². The lowest BCUT2D eigenvalue weighted by atomic mass is 10.2. The SMILES string of the molecule is CC(C)Cn1ncc(N(C)CCCN)c(Br)c1=O. The molecular weight excluding hydrogens is 296 g/mol. The van der Waals surface area contributed by atoms with Crippen LogP contribution >= 0.6 is 15.9 Å². The van der Waals surface area contributed by atoms with E-state index in [0.717, 1.165) is 18.7 Å². The van der Waals surface area contributed by atoms with Gasteiger partial charge in [0, 0.05) is 20.1 Å². The predicted molar refractivity (Wildman–Crippen MR) is 78.0 cm³/mol. The molecule has 102 valence electrons. The summed E-state index contributed by atoms with van der Waals surface area (Å²) >= 11 is 3.37. The first kappa shape index (κ1) is 15.2. The van der Waals surface area contributed by atoms with Crippen LogP contribution in [0.4, 0.5) is 5.69 Å². The lowest BCUT2D eigenvalue weighted by molar-refractivity contribution is 0.462. The second-order valence-corrected chi connectivity index (χ2v) is 5.58. The van der Waals surface area contributed by atoms with Gasteiger partial charge in [-0.15, -0.1) is 0 Å². The van der Waals surface area contributed by atoms with Crippen molar-refractivity contribution in [1.29, 1.82) is 0 Å². The molecule has 2 N–H and O–H groups in total. The largest absolute Gasteiger partial charge is 0.372 e. The minimum atomic E-state index is -0.0826. The Morgan fingerprint density at radius 1 is 1.56 bits per heavy atom. The fraction of sp³-hybridized carbons (Fsp3) is 0.667. The van der Waals surface area contributed by atoms with Crippen LogP contribution in [0, 0.1) is 5.92 Å². The van der Waals surface area contributed by atoms with Crippen LogP contribution in [0.5, 0.6) is 0 Å². The van der Waals surface area contributed by atoms with E-state index in [1.165, 1.54) is 4.68 Å². The van der Waals surface area contributed by atoms with E-state index in [1.54, 1.807) is 6.20 Å². The first-order chi connectivity index (χ1) is 8.47. The van der Waals surface area contributed by atoms with E-state index in [2.05, 4.69) is 34.9 Å². The molecule has 0 aliphatic carbocycles. The van der Waals surface area contributed by atoms with Crippen molar-refractivity contribution < 1.29 is 0 Å². The van der Waals surface area contributed by atoms with Crippen molar-refractivity contribution in [3.8, 4) is 0 Å². The number of rotatable bonds is 6. The molecule has 1 rings (SSSR count). The molecule has 0 aromatic carbocycles. The van der Waals surface area contributed by atoms with Gasteiger partial charge in [0.1, 0.15) is 4.47 Å². The van der Waals surface area contributed by atoms with Gasteiger partial charge in [0.2, 0.25) is 0 Å². The average Bonchev–Trinajstić information content (AvgIpc) is 2.31. The average molecular weight is 317 g/mol. The lowest BCUT2D eigenvalue weighted by Gasteiger charge is -2.20. The Bertz CT molecular complexity index is 444. The van der Waals surface area contributed by atoms with Crippen molar-refractivity contribution >= 4 is 21.6 Å². The molecule has 0 spiro atoms. The van der Waals surface area contributed by atoms with Gasteiger partial charge in [0.25, 0.3) is 5.56 Å². The Morgan fingerprint density at radius 3 is 2.78 bits per heavy atom. The Morgan fingerprint density at radius 2 is 2.22 bits per heavy atom. The van der Waals surface area contributed by atoms with Gasteiger partial charge in [-0.2, -0.15) is 5.10 Å². The van der Waals surface area contributed by atoms with Gasteiger partial charge in [-0.1, -0.05) is 13.8 Å². The highest BCUT2D eigenvalue weighted by molar-refractivity contribution is 9.10. The van der Waals surface area contributed by atoms with E-state index in [9.17, 15) is 4.79 Å². The Labute approximate surface area is 116 Å². The number of hydrogen-bond donors (Lipinski definition) is 1. The highest BCUT2D eigenvalue weighted by atomic mass is 79.9. The van der Waals surface area contributed by atoms with Gasteiger partial charge in [-0.3, -0.25) is 4.79 Å². The van der Waals surface area contributed by atoms with Crippen molar-refractivity contribution in [2.24, 2.45) is 11.7 Å². The number of aromatic nitrogens is 2. The van der Waals surface area contributed by atoms with Crippen LogP contribution in [0.2, 0.25) is 0 Å². The summed E-state index contributed by atoms with van der Waals surface area (Å²) in [5.74, 6) is 0.392. The zero-order valence-corrected chi connectivity index (χ0v) is 12.8. The van der Waals surface area contributed by atoms with Crippen molar-refractivity contribution in [1.82, 2.24) is 9.78 Å². The van der Waals surface area contributed by atoms with E-state index in [1.807, 2.05) is 11.9 Å². The zero-order valence-electron chi connectivity index (χ0n) is 11.2. The molecule has 0 amide bonds. The van der Waals surface area contributed by atoms with E-state index >= 15 is 0 Å². The minimum absolute atomic E-state index is 0.0826. The van der Waals surface area contributed by atoms with Crippen LogP contribution in [0.25, 0.3) is 0 Å². The molecule has 0 atom stereocenters. The number of nitrogens with zero attached hydrogens (tertiary/aromatic N) is 3. The summed E-state index contributed by atoms with van der Waals surface area (Å²) in [7, 11) is 1.93. The number of hydrogen-bond acceptors (Lipinski definition) is 4. The molecule has 5 nitrogen and oxygen atoms in total. The second kappa shape index (κ2) is 6.89. The summed E-state index contributed by atoms with van der Waals surface area (Å²) in [6.07, 6.45) is 2.61. The minimum Gasteiger partial charge on any atom is -0.372 e. The predicted octanol–water partition coefficient (Wildman–Crippen LogP) is 1.45. The van der Waals surface area contributed by atoms with E-state index in [-0.39, 0.29) is 5.56 Å². The van der Waals surface area contributed by atoms with Gasteiger partial charge in [0.05, 0.1) is 11.9 Å². The molecule has 0 radical (unpaired) electrons. The molecule has 0 aliphatic heterocycles. The highest BCUT2D eigenvalue weighted by Gasteiger charge is 2.12. The quantitative estimate of drug-likeness (QED) is 0.862. The van der Waals surface area contributed by atoms with Crippen molar-refractivity contribution in [2.45, 2.75) is 26.8 Å². The van der Waals surface area contributed by atoms with Gasteiger partial charge in [-0.05, 0) is 34.8 Å². The van der Waals surface area contributed by atoms with Gasteiger partial charge in [-0.25, -0.2) is 4.68 Å². The van der Waals surface area contributed by atoms with Gasteiger partial charge >= 0.3 is 0 Å². The summed E-state index contributed by atoms with van der Waals surface area (Å²) in [4.78, 5) is 14.1. The molecular formula is C12H21BrN4O. The van der Waals surface area contributed by atoms with Crippen LogP contribution in [0.1, 0.15) is 20.3 Å². The zero-order chi connectivity index (χ0) is 13.7. The van der Waals surface area contributed by atoms with E-state index < -0.39 is 0 Å². The van der Waals surface area contributed by atoms with E-state index in [4.69, 9.17) is 5.73 Å². The smallest absolute Gasteiger partial charge is 0.283 e. The normalized spacial score (nSPS) is 11.0. The molecule has 0 saturated heterocycles.